The van der Waals surface area contributed by atoms with Gasteiger partial charge in [-0.05, 0) is 60.2 Å². The van der Waals surface area contributed by atoms with Crippen LogP contribution < -0.4 is 4.72 Å². The third-order valence-electron chi connectivity index (χ3n) is 5.88. The molecule has 1 aliphatic rings. The molecule has 1 saturated heterocycles. The fourth-order valence-corrected chi connectivity index (χ4v) is 5.34. The van der Waals surface area contributed by atoms with Gasteiger partial charge in [0.1, 0.15) is 0 Å². The van der Waals surface area contributed by atoms with Crippen LogP contribution in [0.5, 0.6) is 0 Å². The number of sulfonamides is 1. The van der Waals surface area contributed by atoms with Gasteiger partial charge in [0.2, 0.25) is 10.0 Å². The highest BCUT2D eigenvalue weighted by Crippen LogP contribution is 2.29. The number of carbonyl (C=O) groups excluding carboxylic acids is 1. The number of anilines is 1. The van der Waals surface area contributed by atoms with Crippen molar-refractivity contribution in [1.29, 1.82) is 5.26 Å². The predicted molar refractivity (Wildman–Crippen MR) is 128 cm³/mol. The standard InChI is InChI=1S/C26H25N3O3S/c27-18-20-9-11-22(12-10-20)23-13-15-29(16-14-23)26(30)24-7-4-8-25(17-24)28-33(31,32)19-21-5-2-1-3-6-21/h1-12,17,23,28H,13-16,19H2. The highest BCUT2D eigenvalue weighted by molar-refractivity contribution is 7.91. The highest BCUT2D eigenvalue weighted by Gasteiger charge is 2.25. The Bertz CT molecular complexity index is 1260. The van der Waals surface area contributed by atoms with E-state index in [4.69, 9.17) is 5.26 Å². The van der Waals surface area contributed by atoms with Crippen molar-refractivity contribution >= 4 is 21.6 Å². The summed E-state index contributed by atoms with van der Waals surface area (Å²) in [7, 11) is -3.59. The van der Waals surface area contributed by atoms with Crippen molar-refractivity contribution in [2.75, 3.05) is 17.8 Å². The van der Waals surface area contributed by atoms with E-state index in [1.165, 1.54) is 5.56 Å². The molecule has 0 unspecified atom stereocenters. The monoisotopic (exact) mass is 459 g/mol. The Hall–Kier alpha value is -3.63. The van der Waals surface area contributed by atoms with Crippen molar-refractivity contribution in [3.05, 3.63) is 101 Å². The number of carbonyl (C=O) groups is 1. The Morgan fingerprint density at radius 3 is 2.33 bits per heavy atom. The van der Waals surface area contributed by atoms with E-state index in [1.807, 2.05) is 35.2 Å². The van der Waals surface area contributed by atoms with Crippen molar-refractivity contribution in [3.63, 3.8) is 0 Å². The number of hydrogen-bond donors (Lipinski definition) is 1. The van der Waals surface area contributed by atoms with E-state index < -0.39 is 10.0 Å². The first-order chi connectivity index (χ1) is 15.9. The van der Waals surface area contributed by atoms with Gasteiger partial charge in [-0.1, -0.05) is 48.5 Å². The van der Waals surface area contributed by atoms with Crippen LogP contribution in [-0.2, 0) is 15.8 Å². The minimum Gasteiger partial charge on any atom is -0.339 e. The maximum atomic E-state index is 13.0. The van der Waals surface area contributed by atoms with Gasteiger partial charge in [-0.15, -0.1) is 0 Å². The molecule has 1 aliphatic heterocycles. The van der Waals surface area contributed by atoms with Crippen LogP contribution >= 0.6 is 0 Å². The van der Waals surface area contributed by atoms with Crippen LogP contribution in [0.1, 0.15) is 45.8 Å². The Balaban J connectivity index is 1.38. The molecule has 1 fully saturated rings. The lowest BCUT2D eigenvalue weighted by atomic mass is 9.89. The second-order valence-corrected chi connectivity index (χ2v) is 9.95. The van der Waals surface area contributed by atoms with Crippen molar-refractivity contribution in [2.24, 2.45) is 0 Å². The Labute approximate surface area is 194 Å². The molecule has 0 bridgehead atoms. The molecule has 1 amide bonds. The fraction of sp³-hybridized carbons (Fsp3) is 0.231. The lowest BCUT2D eigenvalue weighted by Gasteiger charge is -2.32. The second kappa shape index (κ2) is 9.88. The summed E-state index contributed by atoms with van der Waals surface area (Å²) >= 11 is 0. The van der Waals surface area contributed by atoms with E-state index in [1.54, 1.807) is 48.5 Å². The molecule has 168 valence electrons. The summed E-state index contributed by atoms with van der Waals surface area (Å²) in [5, 5.41) is 8.96. The zero-order valence-corrected chi connectivity index (χ0v) is 19.0. The highest BCUT2D eigenvalue weighted by atomic mass is 32.2. The number of nitriles is 1. The van der Waals surface area contributed by atoms with Crippen LogP contribution in [0.2, 0.25) is 0 Å². The first-order valence-electron chi connectivity index (χ1n) is 10.9. The smallest absolute Gasteiger partial charge is 0.253 e. The molecule has 3 aromatic rings. The van der Waals surface area contributed by atoms with E-state index in [0.717, 1.165) is 12.8 Å². The van der Waals surface area contributed by atoms with Gasteiger partial charge in [-0.3, -0.25) is 9.52 Å². The molecule has 3 aromatic carbocycles. The first kappa shape index (κ1) is 22.6. The van der Waals surface area contributed by atoms with Crippen LogP contribution in [-0.4, -0.2) is 32.3 Å². The van der Waals surface area contributed by atoms with E-state index in [2.05, 4.69) is 10.8 Å². The fourth-order valence-electron chi connectivity index (χ4n) is 4.15. The second-order valence-electron chi connectivity index (χ2n) is 8.23. The van der Waals surface area contributed by atoms with Crippen LogP contribution in [0.4, 0.5) is 5.69 Å². The Morgan fingerprint density at radius 2 is 1.67 bits per heavy atom. The summed E-state index contributed by atoms with van der Waals surface area (Å²) in [6.45, 7) is 1.26. The quantitative estimate of drug-likeness (QED) is 0.587. The van der Waals surface area contributed by atoms with E-state index in [9.17, 15) is 13.2 Å². The van der Waals surface area contributed by atoms with Gasteiger partial charge in [0.15, 0.2) is 0 Å². The molecular formula is C26H25N3O3S. The normalized spacial score (nSPS) is 14.5. The van der Waals surface area contributed by atoms with E-state index >= 15 is 0 Å². The SMILES string of the molecule is N#Cc1ccc(C2CCN(C(=O)c3cccc(NS(=O)(=O)Cc4ccccc4)c3)CC2)cc1. The van der Waals surface area contributed by atoms with Crippen molar-refractivity contribution < 1.29 is 13.2 Å². The minimum absolute atomic E-state index is 0.0996. The van der Waals surface area contributed by atoms with Gasteiger partial charge < -0.3 is 4.90 Å². The number of nitrogens with zero attached hydrogens (tertiary/aromatic N) is 2. The lowest BCUT2D eigenvalue weighted by molar-refractivity contribution is 0.0713. The van der Waals surface area contributed by atoms with Gasteiger partial charge >= 0.3 is 0 Å². The van der Waals surface area contributed by atoms with Crippen LogP contribution in [0.3, 0.4) is 0 Å². The average Bonchev–Trinajstić information content (AvgIpc) is 2.84. The van der Waals surface area contributed by atoms with Gasteiger partial charge in [0.05, 0.1) is 17.4 Å². The molecule has 0 radical (unpaired) electrons. The molecule has 6 nitrogen and oxygen atoms in total. The summed E-state index contributed by atoms with van der Waals surface area (Å²) in [4.78, 5) is 14.9. The molecule has 0 aliphatic carbocycles. The van der Waals surface area contributed by atoms with Gasteiger partial charge in [-0.2, -0.15) is 5.26 Å². The molecule has 7 heteroatoms. The number of amides is 1. The van der Waals surface area contributed by atoms with E-state index in [0.29, 0.717) is 41.4 Å². The number of benzene rings is 3. The van der Waals surface area contributed by atoms with Crippen LogP contribution in [0.15, 0.2) is 78.9 Å². The first-order valence-corrected chi connectivity index (χ1v) is 12.5. The number of piperidine rings is 1. The maximum Gasteiger partial charge on any atom is 0.253 e. The summed E-state index contributed by atoms with van der Waals surface area (Å²) in [6, 6.07) is 25.4. The average molecular weight is 460 g/mol. The number of hydrogen-bond acceptors (Lipinski definition) is 4. The maximum absolute atomic E-state index is 13.0. The van der Waals surface area contributed by atoms with Crippen molar-refractivity contribution in [1.82, 2.24) is 4.90 Å². The Kier molecular flexibility index (Phi) is 6.76. The molecule has 4 rings (SSSR count). The zero-order valence-electron chi connectivity index (χ0n) is 18.1. The summed E-state index contributed by atoms with van der Waals surface area (Å²) in [5.74, 6) is 0.129. The lowest BCUT2D eigenvalue weighted by Crippen LogP contribution is -2.37. The molecule has 33 heavy (non-hydrogen) atoms. The van der Waals surface area contributed by atoms with Gasteiger partial charge in [0.25, 0.3) is 5.91 Å². The van der Waals surface area contributed by atoms with Crippen molar-refractivity contribution in [2.45, 2.75) is 24.5 Å². The molecule has 0 aromatic heterocycles. The van der Waals surface area contributed by atoms with E-state index in [-0.39, 0.29) is 11.7 Å². The van der Waals surface area contributed by atoms with Crippen LogP contribution in [0, 0.1) is 11.3 Å². The molecule has 0 saturated carbocycles. The van der Waals surface area contributed by atoms with Gasteiger partial charge in [-0.25, -0.2) is 8.42 Å². The molecular weight excluding hydrogens is 434 g/mol. The summed E-state index contributed by atoms with van der Waals surface area (Å²) < 4.78 is 27.7. The third-order valence-corrected chi connectivity index (χ3v) is 7.14. The summed E-state index contributed by atoms with van der Waals surface area (Å²) in [6.07, 6.45) is 1.70. The number of nitrogens with one attached hydrogen (secondary N) is 1. The molecule has 0 spiro atoms. The molecule has 0 atom stereocenters. The zero-order chi connectivity index (χ0) is 23.3. The largest absolute Gasteiger partial charge is 0.339 e. The van der Waals surface area contributed by atoms with Gasteiger partial charge in [0, 0.05) is 24.3 Å². The number of rotatable bonds is 6. The molecule has 1 N–H and O–H groups in total. The number of likely N-dealkylation sites (tertiary alicyclic amines) is 1. The third kappa shape index (κ3) is 5.79. The Morgan fingerprint density at radius 1 is 0.970 bits per heavy atom. The van der Waals surface area contributed by atoms with Crippen molar-refractivity contribution in [3.8, 4) is 6.07 Å². The van der Waals surface area contributed by atoms with Crippen LogP contribution in [0.25, 0.3) is 0 Å². The minimum atomic E-state index is -3.59. The topological polar surface area (TPSA) is 90.3 Å². The summed E-state index contributed by atoms with van der Waals surface area (Å²) in [5.41, 5.74) is 3.37. The predicted octanol–water partition coefficient (Wildman–Crippen LogP) is 4.52. The molecule has 1 heterocycles.